The van der Waals surface area contributed by atoms with Crippen LogP contribution in [0.15, 0.2) is 23.6 Å². The lowest BCUT2D eigenvalue weighted by Crippen LogP contribution is -2.19. The lowest BCUT2D eigenvalue weighted by Gasteiger charge is -2.14. The number of thiazole rings is 1. The van der Waals surface area contributed by atoms with Crippen LogP contribution in [0.25, 0.3) is 0 Å². The van der Waals surface area contributed by atoms with Gasteiger partial charge in [-0.2, -0.15) is 0 Å². The first-order valence-electron chi connectivity index (χ1n) is 7.08. The van der Waals surface area contributed by atoms with Gasteiger partial charge in [0, 0.05) is 17.5 Å². The summed E-state index contributed by atoms with van der Waals surface area (Å²) in [6.07, 6.45) is 0. The van der Waals surface area contributed by atoms with Crippen molar-refractivity contribution in [3.8, 4) is 5.75 Å². The van der Waals surface area contributed by atoms with Gasteiger partial charge in [0.1, 0.15) is 12.4 Å². The summed E-state index contributed by atoms with van der Waals surface area (Å²) in [5.41, 5.74) is 2.02. The summed E-state index contributed by atoms with van der Waals surface area (Å²) in [5, 5.41) is 7.13. The zero-order chi connectivity index (χ0) is 15.2. The van der Waals surface area contributed by atoms with Gasteiger partial charge in [0.25, 0.3) is 0 Å². The quantitative estimate of drug-likeness (QED) is 0.818. The molecule has 3 nitrogen and oxygen atoms in total. The van der Waals surface area contributed by atoms with E-state index in [0.29, 0.717) is 17.5 Å². The molecule has 21 heavy (non-hydrogen) atoms. The third-order valence-electron chi connectivity index (χ3n) is 2.95. The second-order valence-electron chi connectivity index (χ2n) is 5.40. The Bertz CT molecular complexity index is 583. The van der Waals surface area contributed by atoms with Crippen LogP contribution in [0, 0.1) is 12.8 Å². The maximum atomic E-state index is 6.27. The van der Waals surface area contributed by atoms with Crippen LogP contribution in [0.5, 0.6) is 5.75 Å². The number of halogens is 1. The largest absolute Gasteiger partial charge is 0.485 e. The Kier molecular flexibility index (Phi) is 6.03. The van der Waals surface area contributed by atoms with Crippen molar-refractivity contribution < 1.29 is 4.74 Å². The lowest BCUT2D eigenvalue weighted by molar-refractivity contribution is 0.298. The summed E-state index contributed by atoms with van der Waals surface area (Å²) in [5.74, 6) is 1.37. The van der Waals surface area contributed by atoms with Crippen LogP contribution < -0.4 is 10.1 Å². The molecule has 2 rings (SSSR count). The maximum Gasteiger partial charge on any atom is 0.142 e. The van der Waals surface area contributed by atoms with E-state index in [1.165, 1.54) is 0 Å². The number of nitrogens with one attached hydrogen (secondary N) is 1. The van der Waals surface area contributed by atoms with E-state index in [-0.39, 0.29) is 0 Å². The highest BCUT2D eigenvalue weighted by molar-refractivity contribution is 7.09. The van der Waals surface area contributed by atoms with Gasteiger partial charge >= 0.3 is 0 Å². The fraction of sp³-hybridized carbons (Fsp3) is 0.438. The second kappa shape index (κ2) is 7.78. The first kappa shape index (κ1) is 16.3. The highest BCUT2D eigenvalue weighted by atomic mass is 35.5. The molecule has 1 aromatic carbocycles. The molecule has 0 aliphatic carbocycles. The Morgan fingerprint density at radius 1 is 1.38 bits per heavy atom. The summed E-state index contributed by atoms with van der Waals surface area (Å²) in [6, 6.07) is 5.85. The summed E-state index contributed by atoms with van der Waals surface area (Å²) >= 11 is 7.90. The van der Waals surface area contributed by atoms with E-state index in [0.717, 1.165) is 35.1 Å². The highest BCUT2D eigenvalue weighted by Gasteiger charge is 2.10. The summed E-state index contributed by atoms with van der Waals surface area (Å²) in [7, 11) is 0. The van der Waals surface area contributed by atoms with Gasteiger partial charge in [-0.25, -0.2) is 4.98 Å². The predicted octanol–water partition coefficient (Wildman–Crippen LogP) is 4.43. The number of rotatable bonds is 7. The van der Waals surface area contributed by atoms with E-state index in [2.05, 4.69) is 24.1 Å². The van der Waals surface area contributed by atoms with E-state index < -0.39 is 0 Å². The minimum Gasteiger partial charge on any atom is -0.485 e. The van der Waals surface area contributed by atoms with Gasteiger partial charge in [-0.05, 0) is 25.5 Å². The molecule has 0 atom stereocenters. The van der Waals surface area contributed by atoms with Gasteiger partial charge in [0.2, 0.25) is 0 Å². The first-order chi connectivity index (χ1) is 10.1. The third-order valence-corrected chi connectivity index (χ3v) is 4.07. The van der Waals surface area contributed by atoms with Gasteiger partial charge in [-0.15, -0.1) is 11.3 Å². The highest BCUT2D eigenvalue weighted by Crippen LogP contribution is 2.29. The van der Waals surface area contributed by atoms with Crippen molar-refractivity contribution in [2.45, 2.75) is 33.9 Å². The molecule has 114 valence electrons. The molecule has 0 saturated heterocycles. The topological polar surface area (TPSA) is 34.1 Å². The number of aryl methyl sites for hydroxylation is 1. The number of ether oxygens (including phenoxy) is 1. The van der Waals surface area contributed by atoms with Crippen LogP contribution in [-0.4, -0.2) is 11.5 Å². The smallest absolute Gasteiger partial charge is 0.142 e. The van der Waals surface area contributed by atoms with Crippen LogP contribution >= 0.6 is 22.9 Å². The van der Waals surface area contributed by atoms with Gasteiger partial charge < -0.3 is 10.1 Å². The molecule has 0 aliphatic rings. The Morgan fingerprint density at radius 2 is 2.19 bits per heavy atom. The van der Waals surface area contributed by atoms with Crippen LogP contribution in [0.2, 0.25) is 5.02 Å². The molecule has 0 bridgehead atoms. The van der Waals surface area contributed by atoms with Crippen molar-refractivity contribution in [2.24, 2.45) is 5.92 Å². The van der Waals surface area contributed by atoms with Gasteiger partial charge in [-0.3, -0.25) is 0 Å². The molecule has 0 fully saturated rings. The normalized spacial score (nSPS) is 11.1. The van der Waals surface area contributed by atoms with Gasteiger partial charge in [0.15, 0.2) is 0 Å². The lowest BCUT2D eigenvalue weighted by atomic mass is 10.2. The molecule has 5 heteroatoms. The van der Waals surface area contributed by atoms with E-state index in [9.17, 15) is 0 Å². The summed E-state index contributed by atoms with van der Waals surface area (Å²) in [6.45, 7) is 8.54. The van der Waals surface area contributed by atoms with Gasteiger partial charge in [0.05, 0.1) is 15.7 Å². The van der Waals surface area contributed by atoms with Crippen LogP contribution in [0.1, 0.15) is 30.1 Å². The average Bonchev–Trinajstić information content (AvgIpc) is 2.83. The molecular weight excluding hydrogens is 304 g/mol. The number of para-hydroxylation sites is 1. The molecule has 1 aromatic heterocycles. The molecular formula is C16H21ClN2OS. The minimum absolute atomic E-state index is 0.450. The fourth-order valence-corrected chi connectivity index (χ4v) is 2.82. The standard InChI is InChI=1S/C16H21ClN2OS/c1-11(2)7-18-8-13-5-4-6-15(17)16(13)20-9-14-10-21-12(3)19-14/h4-6,10-11,18H,7-9H2,1-3H3. The van der Waals surface area contributed by atoms with Crippen molar-refractivity contribution in [3.05, 3.63) is 44.9 Å². The molecule has 0 unspecified atom stereocenters. The van der Waals surface area contributed by atoms with Crippen molar-refractivity contribution in [1.82, 2.24) is 10.3 Å². The van der Waals surface area contributed by atoms with E-state index in [1.807, 2.05) is 30.5 Å². The average molecular weight is 325 g/mol. The van der Waals surface area contributed by atoms with E-state index in [1.54, 1.807) is 11.3 Å². The van der Waals surface area contributed by atoms with Crippen molar-refractivity contribution >= 4 is 22.9 Å². The molecule has 0 spiro atoms. The number of aromatic nitrogens is 1. The Balaban J connectivity index is 2.02. The summed E-state index contributed by atoms with van der Waals surface area (Å²) < 4.78 is 5.90. The molecule has 0 amide bonds. The van der Waals surface area contributed by atoms with Gasteiger partial charge in [-0.1, -0.05) is 37.6 Å². The third kappa shape index (κ3) is 4.99. The SMILES string of the molecule is Cc1nc(COc2c(Cl)cccc2CNCC(C)C)cs1. The van der Waals surface area contributed by atoms with E-state index >= 15 is 0 Å². The predicted molar refractivity (Wildman–Crippen MR) is 89.2 cm³/mol. The zero-order valence-corrected chi connectivity index (χ0v) is 14.2. The Hall–Kier alpha value is -1.10. The van der Waals surface area contributed by atoms with Crippen molar-refractivity contribution in [2.75, 3.05) is 6.54 Å². The Labute approximate surface area is 135 Å². The van der Waals surface area contributed by atoms with Crippen LogP contribution in [0.4, 0.5) is 0 Å². The van der Waals surface area contributed by atoms with Crippen LogP contribution in [-0.2, 0) is 13.2 Å². The first-order valence-corrected chi connectivity index (χ1v) is 8.34. The maximum absolute atomic E-state index is 6.27. The second-order valence-corrected chi connectivity index (χ2v) is 6.87. The molecule has 0 aliphatic heterocycles. The fourth-order valence-electron chi connectivity index (χ4n) is 1.97. The number of hydrogen-bond acceptors (Lipinski definition) is 4. The molecule has 0 saturated carbocycles. The molecule has 0 radical (unpaired) electrons. The molecule has 1 heterocycles. The van der Waals surface area contributed by atoms with Crippen LogP contribution in [0.3, 0.4) is 0 Å². The van der Waals surface area contributed by atoms with Crippen molar-refractivity contribution in [1.29, 1.82) is 0 Å². The molecule has 1 N–H and O–H groups in total. The number of nitrogens with zero attached hydrogens (tertiary/aromatic N) is 1. The molecule has 2 aromatic rings. The summed E-state index contributed by atoms with van der Waals surface area (Å²) in [4.78, 5) is 4.41. The minimum atomic E-state index is 0.450. The monoisotopic (exact) mass is 324 g/mol. The Morgan fingerprint density at radius 3 is 2.86 bits per heavy atom. The number of hydrogen-bond donors (Lipinski definition) is 1. The number of benzene rings is 1. The van der Waals surface area contributed by atoms with E-state index in [4.69, 9.17) is 16.3 Å². The van der Waals surface area contributed by atoms with Crippen molar-refractivity contribution in [3.63, 3.8) is 0 Å². The zero-order valence-electron chi connectivity index (χ0n) is 12.6.